The minimum atomic E-state index is -3.70. The Labute approximate surface area is 238 Å². The number of nitrogens with zero attached hydrogens (tertiary/aromatic N) is 4. The predicted molar refractivity (Wildman–Crippen MR) is 157 cm³/mol. The molecule has 9 nitrogen and oxygen atoms in total. The second kappa shape index (κ2) is 11.8. The molecule has 4 aromatic rings. The van der Waals surface area contributed by atoms with Gasteiger partial charge in [0.05, 0.1) is 23.8 Å². The monoisotopic (exact) mass is 580 g/mol. The molecule has 1 aromatic heterocycles. The van der Waals surface area contributed by atoms with E-state index in [2.05, 4.69) is 4.90 Å². The number of fused-ring (bicyclic) bond motifs is 1. The third-order valence-electron chi connectivity index (χ3n) is 7.02. The van der Waals surface area contributed by atoms with Crippen LogP contribution in [0, 0.1) is 0 Å². The number of ether oxygens (including phenoxy) is 2. The van der Waals surface area contributed by atoms with E-state index >= 15 is 0 Å². The third-order valence-corrected chi connectivity index (χ3v) is 10.0. The Hall–Kier alpha value is -3.67. The first-order valence-electron chi connectivity index (χ1n) is 13.1. The topological polar surface area (TPSA) is 92.3 Å². The standard InChI is InChI=1S/C29H32N4O5S2/c1-4-33(20-21-8-6-5-7-9-21)40(35,36)23-12-10-22(11-13-23)28(34)31-16-18-32(19-17-31)29-30-26-25(39-29)15-14-24(37-2)27(26)38-3/h5-15H,4,16-20H2,1-3H3. The van der Waals surface area contributed by atoms with Crippen LogP contribution in [0.5, 0.6) is 11.5 Å². The van der Waals surface area contributed by atoms with Gasteiger partial charge in [-0.25, -0.2) is 13.4 Å². The molecule has 210 valence electrons. The number of anilines is 1. The quantitative estimate of drug-likeness (QED) is 0.288. The van der Waals surface area contributed by atoms with Gasteiger partial charge in [0.2, 0.25) is 10.0 Å². The van der Waals surface area contributed by atoms with Crippen LogP contribution >= 0.6 is 11.3 Å². The summed E-state index contributed by atoms with van der Waals surface area (Å²) >= 11 is 1.58. The number of hydrogen-bond acceptors (Lipinski definition) is 8. The van der Waals surface area contributed by atoms with Gasteiger partial charge in [-0.15, -0.1) is 0 Å². The summed E-state index contributed by atoms with van der Waals surface area (Å²) in [5, 5.41) is 0.874. The number of aromatic nitrogens is 1. The molecule has 2 heterocycles. The molecule has 1 amide bonds. The van der Waals surface area contributed by atoms with Crippen LogP contribution in [0.1, 0.15) is 22.8 Å². The molecule has 0 atom stereocenters. The van der Waals surface area contributed by atoms with Crippen LogP contribution in [0.3, 0.4) is 0 Å². The van der Waals surface area contributed by atoms with E-state index in [0.717, 1.165) is 20.9 Å². The van der Waals surface area contributed by atoms with E-state index in [1.807, 2.05) is 49.4 Å². The number of carbonyl (C=O) groups is 1. The van der Waals surface area contributed by atoms with Crippen molar-refractivity contribution in [3.63, 3.8) is 0 Å². The molecule has 11 heteroatoms. The molecule has 3 aromatic carbocycles. The van der Waals surface area contributed by atoms with Crippen molar-refractivity contribution in [2.75, 3.05) is 51.8 Å². The highest BCUT2D eigenvalue weighted by Crippen LogP contribution is 2.40. The Morgan fingerprint density at radius 1 is 0.950 bits per heavy atom. The van der Waals surface area contributed by atoms with Gasteiger partial charge < -0.3 is 19.3 Å². The molecule has 1 aliphatic heterocycles. The number of benzene rings is 3. The Morgan fingerprint density at radius 3 is 2.27 bits per heavy atom. The van der Waals surface area contributed by atoms with Gasteiger partial charge in [0.25, 0.3) is 5.91 Å². The van der Waals surface area contributed by atoms with Crippen LogP contribution in [-0.2, 0) is 16.6 Å². The van der Waals surface area contributed by atoms with E-state index in [0.29, 0.717) is 56.3 Å². The number of carbonyl (C=O) groups excluding carboxylic acids is 1. The zero-order valence-electron chi connectivity index (χ0n) is 22.7. The lowest BCUT2D eigenvalue weighted by molar-refractivity contribution is 0.0746. The van der Waals surface area contributed by atoms with E-state index < -0.39 is 10.0 Å². The van der Waals surface area contributed by atoms with E-state index in [4.69, 9.17) is 14.5 Å². The third kappa shape index (κ3) is 5.49. The van der Waals surface area contributed by atoms with Crippen LogP contribution in [0.2, 0.25) is 0 Å². The first kappa shape index (κ1) is 27.9. The highest BCUT2D eigenvalue weighted by atomic mass is 32.2. The number of methoxy groups -OCH3 is 2. The fourth-order valence-corrected chi connectivity index (χ4v) is 7.24. The maximum Gasteiger partial charge on any atom is 0.253 e. The van der Waals surface area contributed by atoms with Crippen molar-refractivity contribution in [1.29, 1.82) is 0 Å². The molecule has 1 saturated heterocycles. The molecule has 1 aliphatic rings. The van der Waals surface area contributed by atoms with Crippen LogP contribution in [0.4, 0.5) is 5.13 Å². The molecule has 0 saturated carbocycles. The number of rotatable bonds is 9. The lowest BCUT2D eigenvalue weighted by Crippen LogP contribution is -2.48. The maximum absolute atomic E-state index is 13.3. The molecule has 0 N–H and O–H groups in total. The second-order valence-electron chi connectivity index (χ2n) is 9.36. The van der Waals surface area contributed by atoms with E-state index in [1.54, 1.807) is 42.6 Å². The van der Waals surface area contributed by atoms with Crippen molar-refractivity contribution in [2.24, 2.45) is 0 Å². The smallest absolute Gasteiger partial charge is 0.253 e. The fourth-order valence-electron chi connectivity index (χ4n) is 4.79. The molecule has 0 unspecified atom stereocenters. The molecule has 0 spiro atoms. The molecular formula is C29H32N4O5S2. The maximum atomic E-state index is 13.3. The first-order chi connectivity index (χ1) is 19.3. The normalized spacial score (nSPS) is 14.1. The minimum Gasteiger partial charge on any atom is -0.493 e. The summed E-state index contributed by atoms with van der Waals surface area (Å²) in [6.45, 7) is 4.81. The number of hydrogen-bond donors (Lipinski definition) is 0. The van der Waals surface area contributed by atoms with Crippen molar-refractivity contribution in [3.8, 4) is 11.5 Å². The average Bonchev–Trinajstić information content (AvgIpc) is 3.44. The summed E-state index contributed by atoms with van der Waals surface area (Å²) in [5.74, 6) is 1.14. The van der Waals surface area contributed by atoms with Crippen molar-refractivity contribution in [2.45, 2.75) is 18.4 Å². The second-order valence-corrected chi connectivity index (χ2v) is 12.3. The number of thiazole rings is 1. The molecule has 0 radical (unpaired) electrons. The van der Waals surface area contributed by atoms with Gasteiger partial charge >= 0.3 is 0 Å². The highest BCUT2D eigenvalue weighted by Gasteiger charge is 2.27. The first-order valence-corrected chi connectivity index (χ1v) is 15.3. The molecule has 0 bridgehead atoms. The summed E-state index contributed by atoms with van der Waals surface area (Å²) in [6, 6.07) is 19.6. The zero-order valence-corrected chi connectivity index (χ0v) is 24.4. The highest BCUT2D eigenvalue weighted by molar-refractivity contribution is 7.89. The molecule has 40 heavy (non-hydrogen) atoms. The van der Waals surface area contributed by atoms with Crippen molar-refractivity contribution < 1.29 is 22.7 Å². The molecular weight excluding hydrogens is 548 g/mol. The van der Waals surface area contributed by atoms with E-state index in [1.165, 1.54) is 16.4 Å². The van der Waals surface area contributed by atoms with E-state index in [-0.39, 0.29) is 10.8 Å². The Bertz CT molecular complexity index is 1580. The molecule has 1 fully saturated rings. The van der Waals surface area contributed by atoms with Gasteiger partial charge in [-0.2, -0.15) is 4.31 Å². The SMILES string of the molecule is CCN(Cc1ccccc1)S(=O)(=O)c1ccc(C(=O)N2CCN(c3nc4c(OC)c(OC)ccc4s3)CC2)cc1. The predicted octanol–water partition coefficient (Wildman–Crippen LogP) is 4.49. The Kier molecular flexibility index (Phi) is 8.24. The van der Waals surface area contributed by atoms with Crippen LogP contribution in [0.25, 0.3) is 10.2 Å². The number of piperazine rings is 1. The van der Waals surface area contributed by atoms with Gasteiger partial charge in [-0.1, -0.05) is 48.6 Å². The summed E-state index contributed by atoms with van der Waals surface area (Å²) < 4.78 is 39.9. The van der Waals surface area contributed by atoms with Crippen LogP contribution in [0.15, 0.2) is 71.6 Å². The summed E-state index contributed by atoms with van der Waals surface area (Å²) in [5.41, 5.74) is 2.15. The minimum absolute atomic E-state index is 0.115. The lowest BCUT2D eigenvalue weighted by atomic mass is 10.2. The van der Waals surface area contributed by atoms with Gasteiger partial charge in [-0.3, -0.25) is 4.79 Å². The van der Waals surface area contributed by atoms with Crippen LogP contribution in [-0.4, -0.2) is 75.5 Å². The van der Waals surface area contributed by atoms with Gasteiger partial charge in [0.15, 0.2) is 16.6 Å². The van der Waals surface area contributed by atoms with Crippen molar-refractivity contribution in [3.05, 3.63) is 77.9 Å². The van der Waals surface area contributed by atoms with E-state index in [9.17, 15) is 13.2 Å². The summed E-state index contributed by atoms with van der Waals surface area (Å²) in [7, 11) is -0.489. The fraction of sp³-hybridized carbons (Fsp3) is 0.310. The summed E-state index contributed by atoms with van der Waals surface area (Å²) in [4.78, 5) is 22.2. The Morgan fingerprint density at radius 2 is 1.65 bits per heavy atom. The average molecular weight is 581 g/mol. The van der Waals surface area contributed by atoms with Gasteiger partial charge in [0, 0.05) is 44.8 Å². The zero-order chi connectivity index (χ0) is 28.3. The van der Waals surface area contributed by atoms with Gasteiger partial charge in [-0.05, 0) is 42.0 Å². The lowest BCUT2D eigenvalue weighted by Gasteiger charge is -2.34. The largest absolute Gasteiger partial charge is 0.493 e. The Balaban J connectivity index is 1.24. The summed E-state index contributed by atoms with van der Waals surface area (Å²) in [6.07, 6.45) is 0. The van der Waals surface area contributed by atoms with Crippen molar-refractivity contribution in [1.82, 2.24) is 14.2 Å². The van der Waals surface area contributed by atoms with Crippen molar-refractivity contribution >= 4 is 42.6 Å². The molecule has 0 aliphatic carbocycles. The van der Waals surface area contributed by atoms with Gasteiger partial charge in [0.1, 0.15) is 5.52 Å². The number of amides is 1. The number of sulfonamides is 1. The van der Waals surface area contributed by atoms with Crippen LogP contribution < -0.4 is 14.4 Å². The molecule has 5 rings (SSSR count).